The summed E-state index contributed by atoms with van der Waals surface area (Å²) >= 11 is 7.67. The maximum absolute atomic E-state index is 6.04. The zero-order valence-electron chi connectivity index (χ0n) is 16.9. The number of anilines is 3. The van der Waals surface area contributed by atoms with Gasteiger partial charge >= 0.3 is 0 Å². The summed E-state index contributed by atoms with van der Waals surface area (Å²) in [6, 6.07) is 27.7. The van der Waals surface area contributed by atoms with Crippen molar-refractivity contribution in [3.05, 3.63) is 96.1 Å². The molecule has 5 aromatic rings. The molecular formula is C25H18ClN5S. The van der Waals surface area contributed by atoms with Crippen LogP contribution in [0.4, 0.5) is 17.3 Å². The maximum atomic E-state index is 6.04. The SMILES string of the molecule is Nc1cc(Sc2ccc(Nc3nnc(-c4ccc(Cl)cc4)c4ccccc34)cc2)ccn1. The van der Waals surface area contributed by atoms with E-state index in [1.807, 2.05) is 66.7 Å². The normalized spacial score (nSPS) is 10.9. The Balaban J connectivity index is 1.42. The molecule has 0 fully saturated rings. The molecule has 0 bridgehead atoms. The number of nitrogens with one attached hydrogen (secondary N) is 1. The summed E-state index contributed by atoms with van der Waals surface area (Å²) in [5.41, 5.74) is 8.50. The minimum Gasteiger partial charge on any atom is -0.384 e. The van der Waals surface area contributed by atoms with Crippen molar-refractivity contribution in [2.75, 3.05) is 11.1 Å². The minimum atomic E-state index is 0.515. The van der Waals surface area contributed by atoms with E-state index in [1.54, 1.807) is 18.0 Å². The van der Waals surface area contributed by atoms with E-state index in [1.165, 1.54) is 0 Å². The van der Waals surface area contributed by atoms with Crippen LogP contribution in [0.15, 0.2) is 101 Å². The number of pyridine rings is 1. The summed E-state index contributed by atoms with van der Waals surface area (Å²) in [6.45, 7) is 0. The Labute approximate surface area is 194 Å². The summed E-state index contributed by atoms with van der Waals surface area (Å²) in [7, 11) is 0. The zero-order chi connectivity index (χ0) is 21.9. The quantitative estimate of drug-likeness (QED) is 0.302. The number of halogens is 1. The van der Waals surface area contributed by atoms with Crippen LogP contribution < -0.4 is 11.1 Å². The molecule has 0 spiro atoms. The highest BCUT2D eigenvalue weighted by Gasteiger charge is 2.11. The van der Waals surface area contributed by atoms with Crippen LogP contribution in [0.3, 0.4) is 0 Å². The first kappa shape index (κ1) is 20.3. The highest BCUT2D eigenvalue weighted by atomic mass is 35.5. The molecular weight excluding hydrogens is 438 g/mol. The molecule has 0 aliphatic carbocycles. The van der Waals surface area contributed by atoms with Crippen LogP contribution in [0, 0.1) is 0 Å². The average Bonchev–Trinajstić information content (AvgIpc) is 2.81. The average molecular weight is 456 g/mol. The molecule has 0 unspecified atom stereocenters. The molecule has 3 aromatic carbocycles. The molecule has 5 nitrogen and oxygen atoms in total. The van der Waals surface area contributed by atoms with Crippen molar-refractivity contribution < 1.29 is 0 Å². The van der Waals surface area contributed by atoms with Gasteiger partial charge in [-0.1, -0.05) is 59.8 Å². The van der Waals surface area contributed by atoms with Crippen molar-refractivity contribution in [2.24, 2.45) is 0 Å². The van der Waals surface area contributed by atoms with Crippen LogP contribution in [0.25, 0.3) is 22.0 Å². The number of nitrogens with two attached hydrogens (primary N) is 1. The lowest BCUT2D eigenvalue weighted by molar-refractivity contribution is 1.06. The third kappa shape index (κ3) is 4.37. The molecule has 0 saturated heterocycles. The number of nitrogen functional groups attached to an aromatic ring is 1. The molecule has 0 aliphatic heterocycles. The zero-order valence-corrected chi connectivity index (χ0v) is 18.4. The van der Waals surface area contributed by atoms with Crippen LogP contribution in [0.2, 0.25) is 5.02 Å². The second-order valence-electron chi connectivity index (χ2n) is 7.12. The molecule has 0 atom stereocenters. The number of hydrogen-bond acceptors (Lipinski definition) is 6. The first-order valence-corrected chi connectivity index (χ1v) is 11.1. The van der Waals surface area contributed by atoms with Crippen LogP contribution >= 0.6 is 23.4 Å². The van der Waals surface area contributed by atoms with Gasteiger partial charge in [0.15, 0.2) is 5.82 Å². The van der Waals surface area contributed by atoms with E-state index in [-0.39, 0.29) is 0 Å². The number of hydrogen-bond donors (Lipinski definition) is 2. The van der Waals surface area contributed by atoms with Gasteiger partial charge in [-0.2, -0.15) is 0 Å². The van der Waals surface area contributed by atoms with E-state index in [4.69, 9.17) is 17.3 Å². The fourth-order valence-electron chi connectivity index (χ4n) is 3.39. The summed E-state index contributed by atoms with van der Waals surface area (Å²) < 4.78 is 0. The Morgan fingerprint density at radius 2 is 1.53 bits per heavy atom. The summed E-state index contributed by atoms with van der Waals surface area (Å²) in [4.78, 5) is 6.19. The number of aromatic nitrogens is 3. The minimum absolute atomic E-state index is 0.515. The summed E-state index contributed by atoms with van der Waals surface area (Å²) in [6.07, 6.45) is 1.71. The van der Waals surface area contributed by atoms with Gasteiger partial charge in [0.05, 0.1) is 0 Å². The number of fused-ring (bicyclic) bond motifs is 1. The van der Waals surface area contributed by atoms with E-state index >= 15 is 0 Å². The maximum Gasteiger partial charge on any atom is 0.161 e. The number of nitrogens with zero attached hydrogens (tertiary/aromatic N) is 3. The van der Waals surface area contributed by atoms with Gasteiger partial charge in [-0.15, -0.1) is 10.2 Å². The fraction of sp³-hybridized carbons (Fsp3) is 0. The van der Waals surface area contributed by atoms with Crippen molar-refractivity contribution in [2.45, 2.75) is 9.79 Å². The van der Waals surface area contributed by atoms with Crippen LogP contribution in [-0.4, -0.2) is 15.2 Å². The van der Waals surface area contributed by atoms with Crippen molar-refractivity contribution in [1.29, 1.82) is 0 Å². The molecule has 2 aromatic heterocycles. The first-order valence-electron chi connectivity index (χ1n) is 9.93. The topological polar surface area (TPSA) is 76.7 Å². The van der Waals surface area contributed by atoms with Gasteiger partial charge in [-0.25, -0.2) is 4.98 Å². The molecule has 32 heavy (non-hydrogen) atoms. The predicted molar refractivity (Wildman–Crippen MR) is 132 cm³/mol. The third-order valence-corrected chi connectivity index (χ3v) is 6.16. The van der Waals surface area contributed by atoms with E-state index in [0.717, 1.165) is 37.5 Å². The van der Waals surface area contributed by atoms with Crippen LogP contribution in [0.1, 0.15) is 0 Å². The Bertz CT molecular complexity index is 1390. The second kappa shape index (κ2) is 8.86. The van der Waals surface area contributed by atoms with Crippen molar-refractivity contribution >= 4 is 51.5 Å². The Kier molecular flexibility index (Phi) is 5.62. The number of rotatable bonds is 5. The molecule has 2 heterocycles. The molecule has 0 radical (unpaired) electrons. The lowest BCUT2D eigenvalue weighted by Gasteiger charge is -2.12. The monoisotopic (exact) mass is 455 g/mol. The first-order chi connectivity index (χ1) is 15.7. The van der Waals surface area contributed by atoms with E-state index in [0.29, 0.717) is 16.7 Å². The van der Waals surface area contributed by atoms with Crippen LogP contribution in [-0.2, 0) is 0 Å². The van der Waals surface area contributed by atoms with Gasteiger partial charge in [-0.05, 0) is 48.5 Å². The molecule has 156 valence electrons. The summed E-state index contributed by atoms with van der Waals surface area (Å²) in [5, 5.41) is 15.1. The molecule has 3 N–H and O–H groups in total. The molecule has 0 amide bonds. The standard InChI is InChI=1S/C25H18ClN5S/c26-17-7-5-16(6-8-17)24-21-3-1-2-4-22(21)25(31-30-24)29-18-9-11-19(12-10-18)32-20-13-14-28-23(27)15-20/h1-15H,(H2,27,28)(H,29,31). The van der Waals surface area contributed by atoms with E-state index in [2.05, 4.69) is 38.7 Å². The van der Waals surface area contributed by atoms with Gasteiger partial charge in [0.2, 0.25) is 0 Å². The van der Waals surface area contributed by atoms with Gasteiger partial charge in [-0.3, -0.25) is 0 Å². The van der Waals surface area contributed by atoms with Crippen LogP contribution in [0.5, 0.6) is 0 Å². The van der Waals surface area contributed by atoms with E-state index < -0.39 is 0 Å². The Morgan fingerprint density at radius 3 is 2.28 bits per heavy atom. The molecule has 7 heteroatoms. The van der Waals surface area contributed by atoms with Crippen molar-refractivity contribution in [1.82, 2.24) is 15.2 Å². The Morgan fingerprint density at radius 1 is 0.781 bits per heavy atom. The lowest BCUT2D eigenvalue weighted by atomic mass is 10.0. The second-order valence-corrected chi connectivity index (χ2v) is 8.70. The highest BCUT2D eigenvalue weighted by Crippen LogP contribution is 2.33. The fourth-order valence-corrected chi connectivity index (χ4v) is 4.37. The Hall–Kier alpha value is -3.61. The van der Waals surface area contributed by atoms with Gasteiger partial charge in [0.25, 0.3) is 0 Å². The van der Waals surface area contributed by atoms with Gasteiger partial charge in [0, 0.05) is 43.0 Å². The lowest BCUT2D eigenvalue weighted by Crippen LogP contribution is -1.99. The third-order valence-electron chi connectivity index (χ3n) is 4.91. The largest absolute Gasteiger partial charge is 0.384 e. The van der Waals surface area contributed by atoms with Crippen molar-refractivity contribution in [3.8, 4) is 11.3 Å². The van der Waals surface area contributed by atoms with Crippen molar-refractivity contribution in [3.63, 3.8) is 0 Å². The van der Waals surface area contributed by atoms with Gasteiger partial charge in [0.1, 0.15) is 11.5 Å². The van der Waals surface area contributed by atoms with Gasteiger partial charge < -0.3 is 11.1 Å². The highest BCUT2D eigenvalue weighted by molar-refractivity contribution is 7.99. The number of benzene rings is 3. The van der Waals surface area contributed by atoms with E-state index in [9.17, 15) is 0 Å². The molecule has 5 rings (SSSR count). The smallest absolute Gasteiger partial charge is 0.161 e. The molecule has 0 saturated carbocycles. The molecule has 0 aliphatic rings. The predicted octanol–water partition coefficient (Wildman–Crippen LogP) is 6.82. The summed E-state index contributed by atoms with van der Waals surface area (Å²) in [5.74, 6) is 1.22.